The van der Waals surface area contributed by atoms with E-state index < -0.39 is 0 Å². The van der Waals surface area contributed by atoms with Crippen LogP contribution in [0, 0.1) is 0 Å². The molecule has 30 heavy (non-hydrogen) atoms. The summed E-state index contributed by atoms with van der Waals surface area (Å²) in [5, 5.41) is 6.86. The molecule has 2 rings (SSSR count). The number of nitrogens with zero attached hydrogens (tertiary/aromatic N) is 3. The predicted octanol–water partition coefficient (Wildman–Crippen LogP) is 2.58. The zero-order valence-corrected chi connectivity index (χ0v) is 21.4. The number of guanidine groups is 1. The molecule has 1 atom stereocenters. The first-order valence-corrected chi connectivity index (χ1v) is 10.9. The van der Waals surface area contributed by atoms with E-state index in [4.69, 9.17) is 14.5 Å². The Balaban J connectivity index is 0.00000450. The van der Waals surface area contributed by atoms with Crippen LogP contribution < -0.4 is 15.4 Å². The van der Waals surface area contributed by atoms with Crippen LogP contribution in [0.2, 0.25) is 0 Å². The lowest BCUT2D eigenvalue weighted by Gasteiger charge is -2.29. The third kappa shape index (κ3) is 8.95. The lowest BCUT2D eigenvalue weighted by Crippen LogP contribution is -2.44. The molecule has 1 aromatic rings. The highest BCUT2D eigenvalue weighted by molar-refractivity contribution is 14.0. The summed E-state index contributed by atoms with van der Waals surface area (Å²) >= 11 is 0. The van der Waals surface area contributed by atoms with E-state index in [-0.39, 0.29) is 30.0 Å². The van der Waals surface area contributed by atoms with Gasteiger partial charge in [-0.3, -0.25) is 14.8 Å². The third-order valence-electron chi connectivity index (χ3n) is 5.32. The molecule has 1 unspecified atom stereocenters. The first kappa shape index (κ1) is 26.9. The Hall–Kier alpha value is -1.10. The quantitative estimate of drug-likeness (QED) is 0.259. The van der Waals surface area contributed by atoms with Gasteiger partial charge in [-0.2, -0.15) is 0 Å². The summed E-state index contributed by atoms with van der Waals surface area (Å²) in [6.07, 6.45) is 0. The Labute approximate surface area is 199 Å². The van der Waals surface area contributed by atoms with Gasteiger partial charge in [0.1, 0.15) is 5.75 Å². The fourth-order valence-corrected chi connectivity index (χ4v) is 3.62. The summed E-state index contributed by atoms with van der Waals surface area (Å²) in [5.41, 5.74) is 1.24. The molecule has 2 N–H and O–H groups in total. The number of nitrogens with one attached hydrogen (secondary N) is 2. The average Bonchev–Trinajstić information content (AvgIpc) is 2.77. The molecule has 1 aromatic carbocycles. The SMILES string of the molecule is CCNC(=NCC(c1cccc(OC)c1)N(CC)CC)NCCN1CCOCC1.I. The number of hydrogen-bond acceptors (Lipinski definition) is 5. The van der Waals surface area contributed by atoms with Gasteiger partial charge >= 0.3 is 0 Å². The highest BCUT2D eigenvalue weighted by Crippen LogP contribution is 2.24. The van der Waals surface area contributed by atoms with Gasteiger partial charge in [0.05, 0.1) is 32.9 Å². The minimum Gasteiger partial charge on any atom is -0.497 e. The molecule has 1 fully saturated rings. The van der Waals surface area contributed by atoms with Crippen LogP contribution in [-0.4, -0.2) is 88.4 Å². The normalized spacial score (nSPS) is 16.1. The van der Waals surface area contributed by atoms with Crippen molar-refractivity contribution in [2.75, 3.05) is 72.7 Å². The average molecular weight is 533 g/mol. The zero-order valence-electron chi connectivity index (χ0n) is 19.0. The van der Waals surface area contributed by atoms with Crippen molar-refractivity contribution in [3.63, 3.8) is 0 Å². The number of morpholine rings is 1. The molecule has 0 bridgehead atoms. The van der Waals surface area contributed by atoms with Crippen molar-refractivity contribution >= 4 is 29.9 Å². The lowest BCUT2D eigenvalue weighted by molar-refractivity contribution is 0.0389. The molecular formula is C22H40IN5O2. The number of benzene rings is 1. The van der Waals surface area contributed by atoms with Gasteiger partial charge in [-0.1, -0.05) is 26.0 Å². The Kier molecular flexibility index (Phi) is 14.1. The number of hydrogen-bond donors (Lipinski definition) is 2. The highest BCUT2D eigenvalue weighted by Gasteiger charge is 2.18. The van der Waals surface area contributed by atoms with Crippen LogP contribution in [0.4, 0.5) is 0 Å². The maximum absolute atomic E-state index is 5.43. The first-order chi connectivity index (χ1) is 14.2. The molecule has 0 radical (unpaired) electrons. The van der Waals surface area contributed by atoms with Crippen molar-refractivity contribution in [3.05, 3.63) is 29.8 Å². The van der Waals surface area contributed by atoms with Crippen molar-refractivity contribution in [1.29, 1.82) is 0 Å². The molecule has 1 aliphatic rings. The second-order valence-corrected chi connectivity index (χ2v) is 7.11. The van der Waals surface area contributed by atoms with Crippen LogP contribution in [0.3, 0.4) is 0 Å². The van der Waals surface area contributed by atoms with Crippen LogP contribution in [0.5, 0.6) is 5.75 Å². The first-order valence-electron chi connectivity index (χ1n) is 10.9. The maximum Gasteiger partial charge on any atom is 0.191 e. The van der Waals surface area contributed by atoms with Gasteiger partial charge in [-0.25, -0.2) is 0 Å². The molecule has 172 valence electrons. The zero-order chi connectivity index (χ0) is 20.9. The van der Waals surface area contributed by atoms with Gasteiger partial charge in [0, 0.05) is 32.7 Å². The Morgan fingerprint density at radius 2 is 1.93 bits per heavy atom. The number of ether oxygens (including phenoxy) is 2. The minimum atomic E-state index is 0. The molecule has 0 saturated carbocycles. The Morgan fingerprint density at radius 1 is 1.20 bits per heavy atom. The van der Waals surface area contributed by atoms with Crippen LogP contribution in [0.1, 0.15) is 32.4 Å². The van der Waals surface area contributed by atoms with Gasteiger partial charge in [0.25, 0.3) is 0 Å². The number of likely N-dealkylation sites (N-methyl/N-ethyl adjacent to an activating group) is 1. The third-order valence-corrected chi connectivity index (χ3v) is 5.32. The van der Waals surface area contributed by atoms with E-state index in [1.165, 1.54) is 5.56 Å². The van der Waals surface area contributed by atoms with E-state index in [1.807, 2.05) is 6.07 Å². The molecule has 8 heteroatoms. The van der Waals surface area contributed by atoms with Gasteiger partial charge in [-0.05, 0) is 37.7 Å². The summed E-state index contributed by atoms with van der Waals surface area (Å²) in [5.74, 6) is 1.76. The van der Waals surface area contributed by atoms with Gasteiger partial charge in [-0.15, -0.1) is 24.0 Å². The van der Waals surface area contributed by atoms with Crippen molar-refractivity contribution in [1.82, 2.24) is 20.4 Å². The van der Waals surface area contributed by atoms with E-state index in [1.54, 1.807) is 7.11 Å². The fraction of sp³-hybridized carbons (Fsp3) is 0.682. The maximum atomic E-state index is 5.43. The highest BCUT2D eigenvalue weighted by atomic mass is 127. The van der Waals surface area contributed by atoms with Crippen molar-refractivity contribution in [2.24, 2.45) is 4.99 Å². The van der Waals surface area contributed by atoms with Gasteiger partial charge < -0.3 is 20.1 Å². The summed E-state index contributed by atoms with van der Waals surface area (Å²) in [6, 6.07) is 8.55. The standard InChI is InChI=1S/C22H39N5O2.HI/c1-5-23-22(24-11-12-26-13-15-29-16-14-26)25-18-21(27(6-2)7-3)19-9-8-10-20(17-19)28-4;/h8-10,17,21H,5-7,11-16,18H2,1-4H3,(H2,23,24,25);1H. The number of aliphatic imine (C=N–C) groups is 1. The molecular weight excluding hydrogens is 493 g/mol. The van der Waals surface area contributed by atoms with E-state index in [2.05, 4.69) is 59.4 Å². The molecule has 1 aliphatic heterocycles. The lowest BCUT2D eigenvalue weighted by atomic mass is 10.0. The van der Waals surface area contributed by atoms with Crippen LogP contribution in [-0.2, 0) is 4.74 Å². The largest absolute Gasteiger partial charge is 0.497 e. The number of halogens is 1. The van der Waals surface area contributed by atoms with Crippen LogP contribution >= 0.6 is 24.0 Å². The second-order valence-electron chi connectivity index (χ2n) is 7.11. The van der Waals surface area contributed by atoms with E-state index >= 15 is 0 Å². The van der Waals surface area contributed by atoms with Crippen LogP contribution in [0.15, 0.2) is 29.3 Å². The Bertz CT molecular complexity index is 607. The monoisotopic (exact) mass is 533 g/mol. The van der Waals surface area contributed by atoms with Crippen molar-refractivity contribution < 1.29 is 9.47 Å². The summed E-state index contributed by atoms with van der Waals surface area (Å²) in [7, 11) is 1.71. The summed E-state index contributed by atoms with van der Waals surface area (Å²) in [4.78, 5) is 9.78. The fourth-order valence-electron chi connectivity index (χ4n) is 3.62. The molecule has 0 amide bonds. The topological polar surface area (TPSA) is 61.4 Å². The Morgan fingerprint density at radius 3 is 2.57 bits per heavy atom. The molecule has 0 aliphatic carbocycles. The molecule has 1 saturated heterocycles. The number of methoxy groups -OCH3 is 1. The summed E-state index contributed by atoms with van der Waals surface area (Å²) in [6.45, 7) is 15.6. The molecule has 0 aromatic heterocycles. The van der Waals surface area contributed by atoms with Crippen LogP contribution in [0.25, 0.3) is 0 Å². The van der Waals surface area contributed by atoms with Crippen molar-refractivity contribution in [3.8, 4) is 5.75 Å². The molecule has 7 nitrogen and oxygen atoms in total. The molecule has 1 heterocycles. The van der Waals surface area contributed by atoms with Crippen molar-refractivity contribution in [2.45, 2.75) is 26.8 Å². The number of rotatable bonds is 11. The van der Waals surface area contributed by atoms with E-state index in [9.17, 15) is 0 Å². The predicted molar refractivity (Wildman–Crippen MR) is 135 cm³/mol. The van der Waals surface area contributed by atoms with E-state index in [0.717, 1.165) is 70.7 Å². The van der Waals surface area contributed by atoms with Gasteiger partial charge in [0.15, 0.2) is 5.96 Å². The minimum absolute atomic E-state index is 0. The molecule has 0 spiro atoms. The smallest absolute Gasteiger partial charge is 0.191 e. The second kappa shape index (κ2) is 15.7. The summed E-state index contributed by atoms with van der Waals surface area (Å²) < 4.78 is 10.9. The van der Waals surface area contributed by atoms with Gasteiger partial charge in [0.2, 0.25) is 0 Å². The van der Waals surface area contributed by atoms with E-state index in [0.29, 0.717) is 6.54 Å².